The Labute approximate surface area is 149 Å². The van der Waals surface area contributed by atoms with Gasteiger partial charge in [-0.3, -0.25) is 9.69 Å². The number of benzene rings is 2. The largest absolute Gasteiger partial charge is 0.378 e. The fraction of sp³-hybridized carbons (Fsp3) is 0.300. The number of carbonyl (C=O) groups is 1. The summed E-state index contributed by atoms with van der Waals surface area (Å²) in [7, 11) is 4.02. The molecule has 0 radical (unpaired) electrons. The van der Waals surface area contributed by atoms with E-state index in [1.54, 1.807) is 24.3 Å². The smallest absolute Gasteiger partial charge is 0.238 e. The highest BCUT2D eigenvalue weighted by Gasteiger charge is 2.11. The summed E-state index contributed by atoms with van der Waals surface area (Å²) in [6.45, 7) is 3.79. The molecular weight excluding hydrogens is 312 g/mol. The lowest BCUT2D eigenvalue weighted by atomic mass is 10.2. The molecule has 2 aromatic carbocycles. The van der Waals surface area contributed by atoms with Gasteiger partial charge < -0.3 is 10.2 Å². The summed E-state index contributed by atoms with van der Waals surface area (Å²) in [5.41, 5.74) is 3.34. The topological polar surface area (TPSA) is 59.4 Å². The van der Waals surface area contributed by atoms with Crippen LogP contribution < -0.4 is 10.2 Å². The Bertz CT molecular complexity index is 747. The lowest BCUT2D eigenvalue weighted by molar-refractivity contribution is -0.117. The molecule has 0 aliphatic carbocycles. The Hall–Kier alpha value is -2.84. The van der Waals surface area contributed by atoms with Crippen molar-refractivity contribution in [2.24, 2.45) is 0 Å². The van der Waals surface area contributed by atoms with Crippen LogP contribution >= 0.6 is 0 Å². The third-order valence-electron chi connectivity index (χ3n) is 3.99. The summed E-state index contributed by atoms with van der Waals surface area (Å²) in [5.74, 6) is -0.116. The van der Waals surface area contributed by atoms with Crippen molar-refractivity contribution >= 4 is 17.3 Å². The number of carbonyl (C=O) groups excluding carboxylic acids is 1. The lowest BCUT2D eigenvalue weighted by Gasteiger charge is -2.21. The zero-order chi connectivity index (χ0) is 18.2. The van der Waals surface area contributed by atoms with Gasteiger partial charge in [0.15, 0.2) is 0 Å². The van der Waals surface area contributed by atoms with Crippen LogP contribution in [0.5, 0.6) is 0 Å². The molecule has 130 valence electrons. The molecule has 25 heavy (non-hydrogen) atoms. The van der Waals surface area contributed by atoms with Crippen molar-refractivity contribution in [3.05, 3.63) is 59.7 Å². The van der Waals surface area contributed by atoms with Crippen LogP contribution in [0.3, 0.4) is 0 Å². The molecule has 1 N–H and O–H groups in total. The number of rotatable bonds is 7. The van der Waals surface area contributed by atoms with E-state index >= 15 is 0 Å². The highest BCUT2D eigenvalue weighted by Crippen LogP contribution is 2.15. The third-order valence-corrected chi connectivity index (χ3v) is 3.99. The summed E-state index contributed by atoms with van der Waals surface area (Å²) in [6, 6.07) is 17.4. The zero-order valence-corrected chi connectivity index (χ0v) is 15.0. The number of hydrogen-bond donors (Lipinski definition) is 1. The van der Waals surface area contributed by atoms with E-state index in [2.05, 4.69) is 45.5 Å². The van der Waals surface area contributed by atoms with Crippen molar-refractivity contribution in [3.63, 3.8) is 0 Å². The van der Waals surface area contributed by atoms with E-state index in [4.69, 9.17) is 5.26 Å². The van der Waals surface area contributed by atoms with Crippen LogP contribution in [0.2, 0.25) is 0 Å². The molecule has 0 aliphatic rings. The number of anilines is 2. The summed E-state index contributed by atoms with van der Waals surface area (Å²) >= 11 is 0. The van der Waals surface area contributed by atoms with Gasteiger partial charge in [-0.15, -0.1) is 0 Å². The second kappa shape index (κ2) is 8.86. The van der Waals surface area contributed by atoms with Crippen LogP contribution in [0.15, 0.2) is 48.5 Å². The van der Waals surface area contributed by atoms with Gasteiger partial charge in [-0.2, -0.15) is 5.26 Å². The van der Waals surface area contributed by atoms with E-state index in [1.165, 1.54) is 0 Å². The van der Waals surface area contributed by atoms with Crippen LogP contribution in [-0.2, 0) is 11.3 Å². The van der Waals surface area contributed by atoms with Crippen LogP contribution in [0.1, 0.15) is 18.1 Å². The number of para-hydroxylation sites is 1. The summed E-state index contributed by atoms with van der Waals surface area (Å²) in [6.07, 6.45) is 0. The van der Waals surface area contributed by atoms with E-state index in [1.807, 2.05) is 21.0 Å². The molecule has 0 aliphatic heterocycles. The normalized spacial score (nSPS) is 10.4. The van der Waals surface area contributed by atoms with E-state index in [0.29, 0.717) is 17.8 Å². The van der Waals surface area contributed by atoms with Gasteiger partial charge in [0.1, 0.15) is 6.07 Å². The molecule has 0 unspecified atom stereocenters. The molecule has 0 aromatic heterocycles. The number of hydrogen-bond acceptors (Lipinski definition) is 4. The Morgan fingerprint density at radius 1 is 1.12 bits per heavy atom. The summed E-state index contributed by atoms with van der Waals surface area (Å²) < 4.78 is 0. The van der Waals surface area contributed by atoms with Crippen LogP contribution in [0.4, 0.5) is 11.4 Å². The highest BCUT2D eigenvalue weighted by atomic mass is 16.2. The number of nitriles is 1. The molecular formula is C20H24N4O. The molecule has 5 heteroatoms. The minimum absolute atomic E-state index is 0.116. The molecule has 0 saturated heterocycles. The molecule has 2 aromatic rings. The Morgan fingerprint density at radius 3 is 2.40 bits per heavy atom. The highest BCUT2D eigenvalue weighted by molar-refractivity contribution is 5.93. The van der Waals surface area contributed by atoms with E-state index in [9.17, 15) is 4.79 Å². The van der Waals surface area contributed by atoms with E-state index in [0.717, 1.165) is 17.8 Å². The first-order valence-electron chi connectivity index (χ1n) is 8.31. The van der Waals surface area contributed by atoms with Gasteiger partial charge in [-0.25, -0.2) is 0 Å². The van der Waals surface area contributed by atoms with Crippen molar-refractivity contribution in [1.82, 2.24) is 4.90 Å². The minimum atomic E-state index is -0.116. The maximum absolute atomic E-state index is 12.3. The molecule has 0 fully saturated rings. The fourth-order valence-electron chi connectivity index (χ4n) is 2.52. The van der Waals surface area contributed by atoms with Crippen molar-refractivity contribution in [2.45, 2.75) is 13.5 Å². The maximum Gasteiger partial charge on any atom is 0.238 e. The van der Waals surface area contributed by atoms with Crippen LogP contribution in [0, 0.1) is 11.3 Å². The van der Waals surface area contributed by atoms with Crippen molar-refractivity contribution in [2.75, 3.05) is 37.4 Å². The fourth-order valence-corrected chi connectivity index (χ4v) is 2.52. The van der Waals surface area contributed by atoms with E-state index < -0.39 is 0 Å². The van der Waals surface area contributed by atoms with Gasteiger partial charge >= 0.3 is 0 Å². The Kier molecular flexibility index (Phi) is 6.55. The summed E-state index contributed by atoms with van der Waals surface area (Å²) in [4.78, 5) is 16.4. The average molecular weight is 336 g/mol. The first-order chi connectivity index (χ1) is 12.0. The lowest BCUT2D eigenvalue weighted by Crippen LogP contribution is -2.32. The number of nitrogens with one attached hydrogen (secondary N) is 1. The molecule has 0 spiro atoms. The minimum Gasteiger partial charge on any atom is -0.378 e. The number of nitrogens with zero attached hydrogens (tertiary/aromatic N) is 3. The molecule has 1 amide bonds. The maximum atomic E-state index is 12.3. The van der Waals surface area contributed by atoms with Crippen molar-refractivity contribution < 1.29 is 4.79 Å². The van der Waals surface area contributed by atoms with Gasteiger partial charge in [0.05, 0.1) is 17.8 Å². The SMILES string of the molecule is CCN(CC(=O)Nc1ccccc1C#N)Cc1ccc(N(C)C)cc1. The third kappa shape index (κ3) is 5.33. The summed E-state index contributed by atoms with van der Waals surface area (Å²) in [5, 5.41) is 11.9. The standard InChI is InChI=1S/C20H24N4O/c1-4-24(14-16-9-11-18(12-10-16)23(2)3)15-20(25)22-19-8-6-5-7-17(19)13-21/h5-12H,4,14-15H2,1-3H3,(H,22,25). The molecule has 0 bridgehead atoms. The molecule has 0 atom stereocenters. The average Bonchev–Trinajstić information content (AvgIpc) is 2.62. The second-order valence-electron chi connectivity index (χ2n) is 6.07. The first-order valence-corrected chi connectivity index (χ1v) is 8.31. The van der Waals surface area contributed by atoms with Gasteiger partial charge in [-0.05, 0) is 36.4 Å². The molecule has 0 heterocycles. The zero-order valence-electron chi connectivity index (χ0n) is 15.0. The Balaban J connectivity index is 1.97. The quantitative estimate of drug-likeness (QED) is 0.844. The van der Waals surface area contributed by atoms with Crippen LogP contribution in [-0.4, -0.2) is 38.0 Å². The monoisotopic (exact) mass is 336 g/mol. The van der Waals surface area contributed by atoms with E-state index in [-0.39, 0.29) is 12.5 Å². The Morgan fingerprint density at radius 2 is 1.80 bits per heavy atom. The number of likely N-dealkylation sites (N-methyl/N-ethyl adjacent to an activating group) is 1. The molecule has 0 saturated carbocycles. The first kappa shape index (κ1) is 18.5. The van der Waals surface area contributed by atoms with Crippen molar-refractivity contribution in [1.29, 1.82) is 5.26 Å². The number of amides is 1. The van der Waals surface area contributed by atoms with Gasteiger partial charge in [-0.1, -0.05) is 31.2 Å². The van der Waals surface area contributed by atoms with Crippen molar-refractivity contribution in [3.8, 4) is 6.07 Å². The predicted molar refractivity (Wildman–Crippen MR) is 102 cm³/mol. The molecule has 2 rings (SSSR count). The van der Waals surface area contributed by atoms with Crippen LogP contribution in [0.25, 0.3) is 0 Å². The molecule has 5 nitrogen and oxygen atoms in total. The van der Waals surface area contributed by atoms with Gasteiger partial charge in [0, 0.05) is 26.3 Å². The van der Waals surface area contributed by atoms with Gasteiger partial charge in [0.2, 0.25) is 5.91 Å². The second-order valence-corrected chi connectivity index (χ2v) is 6.07. The van der Waals surface area contributed by atoms with Gasteiger partial charge in [0.25, 0.3) is 0 Å². The predicted octanol–water partition coefficient (Wildman–Crippen LogP) is 3.08.